The predicted molar refractivity (Wildman–Crippen MR) is 57.8 cm³/mol. The SMILES string of the molecule is C=CCN(CCO)C(=O)c1snnc1C. The van der Waals surface area contributed by atoms with Crippen molar-refractivity contribution in [2.75, 3.05) is 19.7 Å². The summed E-state index contributed by atoms with van der Waals surface area (Å²) in [6, 6.07) is 0. The molecule has 0 saturated carbocycles. The molecule has 0 aromatic carbocycles. The van der Waals surface area contributed by atoms with Crippen LogP contribution in [-0.2, 0) is 0 Å². The quantitative estimate of drug-likeness (QED) is 0.742. The third-order valence-corrected chi connectivity index (χ3v) is 2.67. The zero-order chi connectivity index (χ0) is 11.3. The van der Waals surface area contributed by atoms with Gasteiger partial charge in [-0.1, -0.05) is 10.6 Å². The summed E-state index contributed by atoms with van der Waals surface area (Å²) in [5.41, 5.74) is 0.622. The molecule has 0 saturated heterocycles. The first-order valence-corrected chi connectivity index (χ1v) is 5.28. The molecule has 0 aliphatic heterocycles. The second kappa shape index (κ2) is 5.57. The average Bonchev–Trinajstić information content (AvgIpc) is 2.63. The van der Waals surface area contributed by atoms with E-state index >= 15 is 0 Å². The Morgan fingerprint density at radius 3 is 2.93 bits per heavy atom. The summed E-state index contributed by atoms with van der Waals surface area (Å²) in [6.45, 7) is 5.95. The van der Waals surface area contributed by atoms with E-state index in [1.54, 1.807) is 13.0 Å². The topological polar surface area (TPSA) is 66.3 Å². The van der Waals surface area contributed by atoms with Crippen molar-refractivity contribution in [2.45, 2.75) is 6.92 Å². The fourth-order valence-corrected chi connectivity index (χ4v) is 1.75. The number of aryl methyl sites for hydroxylation is 1. The van der Waals surface area contributed by atoms with Gasteiger partial charge < -0.3 is 10.0 Å². The smallest absolute Gasteiger partial charge is 0.267 e. The van der Waals surface area contributed by atoms with Crippen LogP contribution in [0.15, 0.2) is 12.7 Å². The van der Waals surface area contributed by atoms with Gasteiger partial charge in [0.25, 0.3) is 5.91 Å². The van der Waals surface area contributed by atoms with E-state index in [-0.39, 0.29) is 12.5 Å². The molecule has 1 amide bonds. The summed E-state index contributed by atoms with van der Waals surface area (Å²) in [7, 11) is 0. The minimum absolute atomic E-state index is 0.0646. The van der Waals surface area contributed by atoms with Gasteiger partial charge in [0.1, 0.15) is 4.88 Å². The highest BCUT2D eigenvalue weighted by Crippen LogP contribution is 2.12. The van der Waals surface area contributed by atoms with Crippen molar-refractivity contribution in [3.8, 4) is 0 Å². The maximum atomic E-state index is 11.9. The molecule has 0 bridgehead atoms. The van der Waals surface area contributed by atoms with Crippen LogP contribution in [0.5, 0.6) is 0 Å². The number of carbonyl (C=O) groups is 1. The minimum atomic E-state index is -0.156. The number of amides is 1. The number of hydrogen-bond acceptors (Lipinski definition) is 5. The van der Waals surface area contributed by atoms with Crippen molar-refractivity contribution in [3.63, 3.8) is 0 Å². The van der Waals surface area contributed by atoms with Crippen molar-refractivity contribution in [1.82, 2.24) is 14.5 Å². The molecule has 15 heavy (non-hydrogen) atoms. The Morgan fingerprint density at radius 2 is 2.47 bits per heavy atom. The van der Waals surface area contributed by atoms with E-state index in [1.165, 1.54) is 4.90 Å². The van der Waals surface area contributed by atoms with Crippen LogP contribution in [0, 0.1) is 6.92 Å². The molecule has 0 spiro atoms. The molecular formula is C9H13N3O2S. The number of aliphatic hydroxyl groups excluding tert-OH is 1. The molecule has 1 N–H and O–H groups in total. The first-order chi connectivity index (χ1) is 7.20. The third kappa shape index (κ3) is 2.84. The summed E-state index contributed by atoms with van der Waals surface area (Å²) in [6.07, 6.45) is 1.62. The Morgan fingerprint density at radius 1 is 1.73 bits per heavy atom. The second-order valence-electron chi connectivity index (χ2n) is 2.95. The molecule has 0 radical (unpaired) electrons. The number of rotatable bonds is 5. The van der Waals surface area contributed by atoms with Crippen LogP contribution in [0.1, 0.15) is 15.4 Å². The zero-order valence-corrected chi connectivity index (χ0v) is 9.33. The molecule has 5 nitrogen and oxygen atoms in total. The summed E-state index contributed by atoms with van der Waals surface area (Å²) < 4.78 is 3.70. The molecule has 1 rings (SSSR count). The Labute approximate surface area is 92.2 Å². The fraction of sp³-hybridized carbons (Fsp3) is 0.444. The van der Waals surface area contributed by atoms with Gasteiger partial charge in [-0.2, -0.15) is 0 Å². The number of nitrogens with zero attached hydrogens (tertiary/aromatic N) is 3. The van der Waals surface area contributed by atoms with Crippen molar-refractivity contribution in [2.24, 2.45) is 0 Å². The molecule has 0 aliphatic rings. The molecule has 0 atom stereocenters. The number of carbonyl (C=O) groups excluding carboxylic acids is 1. The maximum absolute atomic E-state index is 11.9. The molecule has 0 aliphatic carbocycles. The highest BCUT2D eigenvalue weighted by molar-refractivity contribution is 7.07. The van der Waals surface area contributed by atoms with E-state index in [0.717, 1.165) is 11.5 Å². The van der Waals surface area contributed by atoms with Crippen molar-refractivity contribution in [3.05, 3.63) is 23.2 Å². The van der Waals surface area contributed by atoms with Crippen molar-refractivity contribution < 1.29 is 9.90 Å². The third-order valence-electron chi connectivity index (χ3n) is 1.85. The lowest BCUT2D eigenvalue weighted by Crippen LogP contribution is -2.33. The van der Waals surface area contributed by atoms with Gasteiger partial charge in [0, 0.05) is 13.1 Å². The molecule has 6 heteroatoms. The van der Waals surface area contributed by atoms with E-state index in [4.69, 9.17) is 5.11 Å². The van der Waals surface area contributed by atoms with E-state index in [2.05, 4.69) is 16.2 Å². The summed E-state index contributed by atoms with van der Waals surface area (Å²) >= 11 is 1.07. The standard InChI is InChI=1S/C9H13N3O2S/c1-3-4-12(5-6-13)9(14)8-7(2)10-11-15-8/h3,13H,1,4-6H2,2H3. The number of aromatic nitrogens is 2. The number of hydrogen-bond donors (Lipinski definition) is 1. The van der Waals surface area contributed by atoms with E-state index in [1.807, 2.05) is 0 Å². The maximum Gasteiger partial charge on any atom is 0.267 e. The van der Waals surface area contributed by atoms with E-state index < -0.39 is 0 Å². The molecule has 0 fully saturated rings. The van der Waals surface area contributed by atoms with Gasteiger partial charge in [-0.05, 0) is 18.5 Å². The van der Waals surface area contributed by atoms with Crippen molar-refractivity contribution in [1.29, 1.82) is 0 Å². The summed E-state index contributed by atoms with van der Waals surface area (Å²) in [5, 5.41) is 12.6. The first kappa shape index (κ1) is 11.8. The van der Waals surface area contributed by atoms with Gasteiger partial charge in [0.15, 0.2) is 0 Å². The zero-order valence-electron chi connectivity index (χ0n) is 8.51. The second-order valence-corrected chi connectivity index (χ2v) is 3.71. The lowest BCUT2D eigenvalue weighted by molar-refractivity contribution is 0.0746. The van der Waals surface area contributed by atoms with Crippen LogP contribution in [-0.4, -0.2) is 45.2 Å². The van der Waals surface area contributed by atoms with Crippen LogP contribution >= 0.6 is 11.5 Å². The van der Waals surface area contributed by atoms with Crippen LogP contribution in [0.2, 0.25) is 0 Å². The fourth-order valence-electron chi connectivity index (χ4n) is 1.12. The van der Waals surface area contributed by atoms with Crippen molar-refractivity contribution >= 4 is 17.4 Å². The van der Waals surface area contributed by atoms with E-state index in [9.17, 15) is 4.79 Å². The molecule has 1 aromatic heterocycles. The van der Waals surface area contributed by atoms with Gasteiger partial charge in [-0.25, -0.2) is 0 Å². The highest BCUT2D eigenvalue weighted by atomic mass is 32.1. The van der Waals surface area contributed by atoms with E-state index in [0.29, 0.717) is 23.7 Å². The van der Waals surface area contributed by atoms with Crippen LogP contribution in [0.25, 0.3) is 0 Å². The minimum Gasteiger partial charge on any atom is -0.395 e. The lowest BCUT2D eigenvalue weighted by atomic mass is 10.3. The van der Waals surface area contributed by atoms with Gasteiger partial charge in [-0.3, -0.25) is 4.79 Å². The largest absolute Gasteiger partial charge is 0.395 e. The molecule has 1 aromatic rings. The van der Waals surface area contributed by atoms with Crippen LogP contribution in [0.4, 0.5) is 0 Å². The predicted octanol–water partition coefficient (Wildman–Crippen LogP) is 0.467. The monoisotopic (exact) mass is 227 g/mol. The Hall–Kier alpha value is -1.27. The molecule has 82 valence electrons. The lowest BCUT2D eigenvalue weighted by Gasteiger charge is -2.18. The van der Waals surface area contributed by atoms with Gasteiger partial charge in [-0.15, -0.1) is 11.7 Å². The number of aliphatic hydroxyl groups is 1. The van der Waals surface area contributed by atoms with Crippen LogP contribution in [0.3, 0.4) is 0 Å². The van der Waals surface area contributed by atoms with Gasteiger partial charge >= 0.3 is 0 Å². The van der Waals surface area contributed by atoms with Gasteiger partial charge in [0.05, 0.1) is 12.3 Å². The summed E-state index contributed by atoms with van der Waals surface area (Å²) in [4.78, 5) is 13.9. The Balaban J connectivity index is 2.80. The molecular weight excluding hydrogens is 214 g/mol. The first-order valence-electron chi connectivity index (χ1n) is 4.50. The Bertz CT molecular complexity index is 351. The average molecular weight is 227 g/mol. The molecule has 1 heterocycles. The van der Waals surface area contributed by atoms with Crippen LogP contribution < -0.4 is 0 Å². The van der Waals surface area contributed by atoms with Gasteiger partial charge in [0.2, 0.25) is 0 Å². The summed E-state index contributed by atoms with van der Waals surface area (Å²) in [5.74, 6) is -0.156. The Kier molecular flexibility index (Phi) is 4.38. The highest BCUT2D eigenvalue weighted by Gasteiger charge is 2.18. The molecule has 0 unspecified atom stereocenters. The normalized spacial score (nSPS) is 10.0.